The molecule has 0 bridgehead atoms. The van der Waals surface area contributed by atoms with E-state index in [0.717, 1.165) is 12.8 Å². The van der Waals surface area contributed by atoms with Crippen molar-refractivity contribution < 1.29 is 14.3 Å². The van der Waals surface area contributed by atoms with Crippen LogP contribution in [-0.4, -0.2) is 46.0 Å². The maximum atomic E-state index is 8.45. The molecule has 0 atom stereocenters. The minimum absolute atomic E-state index is 0. The predicted octanol–water partition coefficient (Wildman–Crippen LogP) is 2.71. The van der Waals surface area contributed by atoms with Gasteiger partial charge in [-0.15, -0.1) is 0 Å². The zero-order valence-corrected chi connectivity index (χ0v) is 10.0. The van der Waals surface area contributed by atoms with Crippen molar-refractivity contribution in [3.8, 4) is 0 Å². The molecule has 0 amide bonds. The fourth-order valence-electron chi connectivity index (χ4n) is 1.38. The van der Waals surface area contributed by atoms with Crippen molar-refractivity contribution >= 4 is 38.2 Å². The van der Waals surface area contributed by atoms with Gasteiger partial charge in [-0.2, -0.15) is 0 Å². The van der Waals surface area contributed by atoms with Crippen LogP contribution in [0.1, 0.15) is 58.3 Å². The van der Waals surface area contributed by atoms with Crippen molar-refractivity contribution in [2.45, 2.75) is 58.3 Å². The summed E-state index contributed by atoms with van der Waals surface area (Å²) in [6.07, 6.45) is 9.94. The molecule has 0 spiro atoms. The van der Waals surface area contributed by atoms with Crippen LogP contribution in [0.3, 0.4) is 0 Å². The van der Waals surface area contributed by atoms with Gasteiger partial charge in [0, 0.05) is 0 Å². The average Bonchev–Trinajstić information content (AvgIpc) is 2.15. The van der Waals surface area contributed by atoms with Gasteiger partial charge in [0.1, 0.15) is 0 Å². The number of unbranched alkanes of at least 4 members (excludes halogenated alkanes) is 7. The quantitative estimate of drug-likeness (QED) is 0.354. The molecular formula is C10H24NaO3P. The van der Waals surface area contributed by atoms with Gasteiger partial charge >= 0.3 is 38.2 Å². The first-order valence-electron chi connectivity index (χ1n) is 5.58. The summed E-state index contributed by atoms with van der Waals surface area (Å²) in [5, 5.41) is 0. The molecule has 2 N–H and O–H groups in total. The molecule has 0 unspecified atom stereocenters. The van der Waals surface area contributed by atoms with Gasteiger partial charge in [0.05, 0.1) is 6.61 Å². The van der Waals surface area contributed by atoms with Crippen LogP contribution < -0.4 is 0 Å². The monoisotopic (exact) mass is 246 g/mol. The second kappa shape index (κ2) is 15.3. The molecule has 0 fully saturated rings. The summed E-state index contributed by atoms with van der Waals surface area (Å²) in [6, 6.07) is 0. The third-order valence-corrected chi connectivity index (χ3v) is 2.62. The second-order valence-corrected chi connectivity index (χ2v) is 4.32. The van der Waals surface area contributed by atoms with Crippen molar-refractivity contribution in [2.75, 3.05) is 6.61 Å². The van der Waals surface area contributed by atoms with Crippen molar-refractivity contribution in [2.24, 2.45) is 0 Å². The van der Waals surface area contributed by atoms with Crippen molar-refractivity contribution in [3.05, 3.63) is 0 Å². The number of hydrogen-bond acceptors (Lipinski definition) is 3. The first-order chi connectivity index (χ1) is 6.77. The van der Waals surface area contributed by atoms with Crippen LogP contribution in [-0.2, 0) is 4.52 Å². The van der Waals surface area contributed by atoms with E-state index in [1.165, 1.54) is 38.5 Å². The molecule has 0 rings (SSSR count). The van der Waals surface area contributed by atoms with Crippen LogP contribution in [0.4, 0.5) is 0 Å². The predicted molar refractivity (Wildman–Crippen MR) is 67.1 cm³/mol. The van der Waals surface area contributed by atoms with E-state index in [-0.39, 0.29) is 29.6 Å². The Kier molecular flexibility index (Phi) is 19.1. The van der Waals surface area contributed by atoms with Crippen molar-refractivity contribution in [1.82, 2.24) is 0 Å². The Labute approximate surface area is 117 Å². The van der Waals surface area contributed by atoms with E-state index in [1.54, 1.807) is 0 Å². The summed E-state index contributed by atoms with van der Waals surface area (Å²) in [5.41, 5.74) is 0. The molecular weight excluding hydrogens is 222 g/mol. The van der Waals surface area contributed by atoms with Gasteiger partial charge in [-0.05, 0) is 6.42 Å². The molecule has 0 aliphatic carbocycles. The van der Waals surface area contributed by atoms with E-state index in [4.69, 9.17) is 9.79 Å². The van der Waals surface area contributed by atoms with Gasteiger partial charge in [-0.1, -0.05) is 51.9 Å². The molecule has 0 radical (unpaired) electrons. The second-order valence-electron chi connectivity index (χ2n) is 3.56. The molecule has 0 saturated heterocycles. The summed E-state index contributed by atoms with van der Waals surface area (Å²) in [4.78, 5) is 16.9. The summed E-state index contributed by atoms with van der Waals surface area (Å²) in [7, 11) is -2.13. The Morgan fingerprint density at radius 1 is 0.867 bits per heavy atom. The van der Waals surface area contributed by atoms with Crippen LogP contribution in [0.5, 0.6) is 0 Å². The van der Waals surface area contributed by atoms with Gasteiger partial charge in [0.15, 0.2) is 0 Å². The molecule has 0 aromatic heterocycles. The zero-order valence-electron chi connectivity index (χ0n) is 9.11. The van der Waals surface area contributed by atoms with E-state index in [0.29, 0.717) is 6.61 Å². The summed E-state index contributed by atoms with van der Waals surface area (Å²) >= 11 is 0. The topological polar surface area (TPSA) is 49.7 Å². The SMILES string of the molecule is CCCCCCCCCCOP(O)O.[NaH]. The molecule has 3 nitrogen and oxygen atoms in total. The third-order valence-electron chi connectivity index (χ3n) is 2.20. The Hall–Kier alpha value is 1.31. The molecule has 0 aromatic rings. The Morgan fingerprint density at radius 2 is 1.33 bits per heavy atom. The Bertz CT molecular complexity index is 115. The van der Waals surface area contributed by atoms with E-state index >= 15 is 0 Å². The number of rotatable bonds is 10. The molecule has 15 heavy (non-hydrogen) atoms. The van der Waals surface area contributed by atoms with E-state index in [2.05, 4.69) is 11.4 Å². The van der Waals surface area contributed by atoms with Crippen molar-refractivity contribution in [3.63, 3.8) is 0 Å². The standard InChI is InChI=1S/C10H23O3P.Na.H/c1-2-3-4-5-6-7-8-9-10-13-14(11)12;;/h11-12H,2-10H2,1H3;;. The zero-order chi connectivity index (χ0) is 10.6. The van der Waals surface area contributed by atoms with E-state index in [9.17, 15) is 0 Å². The summed E-state index contributed by atoms with van der Waals surface area (Å²) < 4.78 is 4.66. The molecule has 0 aliphatic rings. The van der Waals surface area contributed by atoms with Crippen LogP contribution in [0, 0.1) is 0 Å². The molecule has 0 aromatic carbocycles. The van der Waals surface area contributed by atoms with Crippen LogP contribution >= 0.6 is 8.60 Å². The fourth-order valence-corrected chi connectivity index (χ4v) is 1.67. The molecule has 88 valence electrons. The normalized spacial score (nSPS) is 10.4. The van der Waals surface area contributed by atoms with Gasteiger partial charge in [0.2, 0.25) is 0 Å². The van der Waals surface area contributed by atoms with Gasteiger partial charge in [-0.25, -0.2) is 0 Å². The molecule has 0 saturated carbocycles. The summed E-state index contributed by atoms with van der Waals surface area (Å²) in [5.74, 6) is 0. The summed E-state index contributed by atoms with van der Waals surface area (Å²) in [6.45, 7) is 2.70. The minimum atomic E-state index is -2.13. The molecule has 5 heteroatoms. The molecule has 0 heterocycles. The third kappa shape index (κ3) is 17.9. The van der Waals surface area contributed by atoms with Gasteiger partial charge in [-0.3, -0.25) is 0 Å². The van der Waals surface area contributed by atoms with Crippen LogP contribution in [0.15, 0.2) is 0 Å². The number of hydrogen-bond donors (Lipinski definition) is 2. The van der Waals surface area contributed by atoms with E-state index in [1.807, 2.05) is 0 Å². The first-order valence-corrected chi connectivity index (χ1v) is 6.74. The average molecular weight is 246 g/mol. The maximum absolute atomic E-state index is 8.45. The van der Waals surface area contributed by atoms with E-state index < -0.39 is 8.60 Å². The van der Waals surface area contributed by atoms with Crippen LogP contribution in [0.2, 0.25) is 0 Å². The van der Waals surface area contributed by atoms with Crippen molar-refractivity contribution in [1.29, 1.82) is 0 Å². The first kappa shape index (κ1) is 18.7. The van der Waals surface area contributed by atoms with Crippen LogP contribution in [0.25, 0.3) is 0 Å². The molecule has 0 aliphatic heterocycles. The fraction of sp³-hybridized carbons (Fsp3) is 1.00. The Morgan fingerprint density at radius 3 is 1.80 bits per heavy atom. The van der Waals surface area contributed by atoms with Gasteiger partial charge in [0.25, 0.3) is 0 Å². The van der Waals surface area contributed by atoms with Gasteiger partial charge < -0.3 is 14.3 Å². The Balaban J connectivity index is 0.